The lowest BCUT2D eigenvalue weighted by Crippen LogP contribution is -2.23. The molecule has 1 heterocycles. The van der Waals surface area contributed by atoms with Gasteiger partial charge < -0.3 is 10.2 Å². The van der Waals surface area contributed by atoms with Gasteiger partial charge in [0, 0.05) is 23.8 Å². The minimum atomic E-state index is -0.309. The van der Waals surface area contributed by atoms with Gasteiger partial charge in [-0.15, -0.1) is 0 Å². The maximum Gasteiger partial charge on any atom is 0.275 e. The molecule has 0 bridgehead atoms. The molecule has 2 aromatic rings. The monoisotopic (exact) mass is 304 g/mol. The van der Waals surface area contributed by atoms with Gasteiger partial charge in [-0.3, -0.25) is 4.79 Å². The van der Waals surface area contributed by atoms with Gasteiger partial charge in [0.2, 0.25) is 0 Å². The number of nitrogens with one attached hydrogen (secondary N) is 1. The number of hydrogen-bond donors (Lipinski definition) is 1. The van der Waals surface area contributed by atoms with Crippen LogP contribution in [0.5, 0.6) is 0 Å². The van der Waals surface area contributed by atoms with Crippen molar-refractivity contribution in [1.29, 1.82) is 0 Å². The van der Waals surface area contributed by atoms with Crippen LogP contribution in [0.25, 0.3) is 0 Å². The third kappa shape index (κ3) is 3.92. The second-order valence-electron chi connectivity index (χ2n) is 4.40. The van der Waals surface area contributed by atoms with Crippen LogP contribution in [0.15, 0.2) is 36.7 Å². The zero-order chi connectivity index (χ0) is 15.2. The van der Waals surface area contributed by atoms with Gasteiger partial charge in [0.15, 0.2) is 0 Å². The van der Waals surface area contributed by atoms with E-state index in [4.69, 9.17) is 11.6 Å². The van der Waals surface area contributed by atoms with Crippen molar-refractivity contribution in [2.45, 2.75) is 13.8 Å². The van der Waals surface area contributed by atoms with Gasteiger partial charge in [-0.1, -0.05) is 17.7 Å². The Morgan fingerprint density at radius 3 is 2.57 bits per heavy atom. The standard InChI is InChI=1S/C15H17ClN4O/c1-3-20(4-2)14-10-17-13(9-18-14)15(21)19-12-7-5-6-11(16)8-12/h5-10H,3-4H2,1-2H3,(H,19,21). The second-order valence-corrected chi connectivity index (χ2v) is 4.83. The number of halogens is 1. The number of aromatic nitrogens is 2. The number of nitrogens with zero attached hydrogens (tertiary/aromatic N) is 3. The molecule has 0 aliphatic carbocycles. The Morgan fingerprint density at radius 1 is 1.24 bits per heavy atom. The fourth-order valence-corrected chi connectivity index (χ4v) is 2.10. The Kier molecular flexibility index (Phi) is 5.11. The van der Waals surface area contributed by atoms with Crippen LogP contribution in [-0.2, 0) is 0 Å². The van der Waals surface area contributed by atoms with Crippen LogP contribution >= 0.6 is 11.6 Å². The summed E-state index contributed by atoms with van der Waals surface area (Å²) in [5, 5.41) is 3.30. The average molecular weight is 305 g/mol. The first-order chi connectivity index (χ1) is 10.1. The maximum atomic E-state index is 12.1. The molecular formula is C15H17ClN4O. The summed E-state index contributed by atoms with van der Waals surface area (Å²) < 4.78 is 0. The summed E-state index contributed by atoms with van der Waals surface area (Å²) in [5.74, 6) is 0.454. The van der Waals surface area contributed by atoms with Gasteiger partial charge >= 0.3 is 0 Å². The molecule has 110 valence electrons. The minimum absolute atomic E-state index is 0.269. The summed E-state index contributed by atoms with van der Waals surface area (Å²) in [7, 11) is 0. The predicted molar refractivity (Wildman–Crippen MR) is 85.0 cm³/mol. The molecule has 6 heteroatoms. The largest absolute Gasteiger partial charge is 0.356 e. The van der Waals surface area contributed by atoms with E-state index in [0.29, 0.717) is 10.7 Å². The van der Waals surface area contributed by atoms with E-state index >= 15 is 0 Å². The van der Waals surface area contributed by atoms with Gasteiger partial charge in [0.1, 0.15) is 11.5 Å². The summed E-state index contributed by atoms with van der Waals surface area (Å²) >= 11 is 5.88. The van der Waals surface area contributed by atoms with Gasteiger partial charge in [-0.25, -0.2) is 9.97 Å². The molecule has 0 unspecified atom stereocenters. The van der Waals surface area contributed by atoms with Crippen LogP contribution < -0.4 is 10.2 Å². The van der Waals surface area contributed by atoms with Crippen molar-refractivity contribution in [2.24, 2.45) is 0 Å². The van der Waals surface area contributed by atoms with Crippen molar-refractivity contribution in [3.8, 4) is 0 Å². The van der Waals surface area contributed by atoms with Crippen LogP contribution in [0, 0.1) is 0 Å². The van der Waals surface area contributed by atoms with E-state index < -0.39 is 0 Å². The number of benzene rings is 1. The maximum absolute atomic E-state index is 12.1. The average Bonchev–Trinajstić information content (AvgIpc) is 2.49. The highest BCUT2D eigenvalue weighted by Gasteiger charge is 2.10. The number of amides is 1. The molecular weight excluding hydrogens is 288 g/mol. The Bertz CT molecular complexity index is 611. The normalized spacial score (nSPS) is 10.2. The predicted octanol–water partition coefficient (Wildman–Crippen LogP) is 3.23. The SMILES string of the molecule is CCN(CC)c1cnc(C(=O)Nc2cccc(Cl)c2)cn1. The minimum Gasteiger partial charge on any atom is -0.356 e. The van der Waals surface area contributed by atoms with Crippen molar-refractivity contribution >= 4 is 29.0 Å². The van der Waals surface area contributed by atoms with E-state index in [1.807, 2.05) is 13.8 Å². The zero-order valence-electron chi connectivity index (χ0n) is 12.0. The number of anilines is 2. The van der Waals surface area contributed by atoms with Crippen LogP contribution in [0.3, 0.4) is 0 Å². The molecule has 2 rings (SSSR count). The highest BCUT2D eigenvalue weighted by Crippen LogP contribution is 2.16. The first kappa shape index (κ1) is 15.3. The summed E-state index contributed by atoms with van der Waals surface area (Å²) in [4.78, 5) is 22.6. The Hall–Kier alpha value is -2.14. The van der Waals surface area contributed by atoms with Crippen LogP contribution in [0.4, 0.5) is 11.5 Å². The topological polar surface area (TPSA) is 58.1 Å². The van der Waals surface area contributed by atoms with E-state index in [1.165, 1.54) is 6.20 Å². The molecule has 1 amide bonds. The van der Waals surface area contributed by atoms with Gasteiger partial charge in [-0.2, -0.15) is 0 Å². The molecule has 0 atom stereocenters. The molecule has 1 aromatic heterocycles. The summed E-state index contributed by atoms with van der Waals surface area (Å²) in [6, 6.07) is 6.96. The Labute approximate surface area is 129 Å². The number of carbonyl (C=O) groups is 1. The van der Waals surface area contributed by atoms with E-state index in [1.54, 1.807) is 30.5 Å². The molecule has 0 aliphatic rings. The smallest absolute Gasteiger partial charge is 0.275 e. The lowest BCUT2D eigenvalue weighted by atomic mass is 10.3. The summed E-state index contributed by atoms with van der Waals surface area (Å²) in [6.07, 6.45) is 3.09. The molecule has 1 aromatic carbocycles. The Morgan fingerprint density at radius 2 is 2.00 bits per heavy atom. The van der Waals surface area contributed by atoms with Crippen molar-refractivity contribution < 1.29 is 4.79 Å². The van der Waals surface area contributed by atoms with Crippen LogP contribution in [0.2, 0.25) is 5.02 Å². The molecule has 5 nitrogen and oxygen atoms in total. The Balaban J connectivity index is 2.09. The third-order valence-corrected chi connectivity index (χ3v) is 3.28. The molecule has 0 aliphatic heterocycles. The molecule has 0 saturated heterocycles. The number of carbonyl (C=O) groups excluding carboxylic acids is 1. The highest BCUT2D eigenvalue weighted by molar-refractivity contribution is 6.30. The lowest BCUT2D eigenvalue weighted by molar-refractivity contribution is 0.102. The molecule has 0 spiro atoms. The van der Waals surface area contributed by atoms with Crippen molar-refractivity contribution in [2.75, 3.05) is 23.3 Å². The van der Waals surface area contributed by atoms with Crippen molar-refractivity contribution in [1.82, 2.24) is 9.97 Å². The van der Waals surface area contributed by atoms with Crippen molar-refractivity contribution in [3.05, 3.63) is 47.4 Å². The lowest BCUT2D eigenvalue weighted by Gasteiger charge is -2.18. The second kappa shape index (κ2) is 7.04. The zero-order valence-corrected chi connectivity index (χ0v) is 12.8. The van der Waals surface area contributed by atoms with Crippen LogP contribution in [-0.4, -0.2) is 29.0 Å². The molecule has 1 N–H and O–H groups in total. The fourth-order valence-electron chi connectivity index (χ4n) is 1.91. The van der Waals surface area contributed by atoms with E-state index in [2.05, 4.69) is 20.2 Å². The molecule has 21 heavy (non-hydrogen) atoms. The summed E-state index contributed by atoms with van der Waals surface area (Å²) in [6.45, 7) is 5.79. The van der Waals surface area contributed by atoms with Gasteiger partial charge in [0.05, 0.1) is 12.4 Å². The number of hydrogen-bond acceptors (Lipinski definition) is 4. The number of rotatable bonds is 5. The highest BCUT2D eigenvalue weighted by atomic mass is 35.5. The fraction of sp³-hybridized carbons (Fsp3) is 0.267. The van der Waals surface area contributed by atoms with E-state index in [0.717, 1.165) is 18.9 Å². The third-order valence-electron chi connectivity index (χ3n) is 3.04. The van der Waals surface area contributed by atoms with Crippen LogP contribution in [0.1, 0.15) is 24.3 Å². The van der Waals surface area contributed by atoms with Gasteiger partial charge in [0.25, 0.3) is 5.91 Å². The first-order valence-electron chi connectivity index (χ1n) is 6.78. The van der Waals surface area contributed by atoms with E-state index in [-0.39, 0.29) is 11.6 Å². The van der Waals surface area contributed by atoms with E-state index in [9.17, 15) is 4.79 Å². The summed E-state index contributed by atoms with van der Waals surface area (Å²) in [5.41, 5.74) is 0.896. The molecule has 0 fully saturated rings. The molecule has 0 saturated carbocycles. The van der Waals surface area contributed by atoms with Gasteiger partial charge in [-0.05, 0) is 32.0 Å². The first-order valence-corrected chi connectivity index (χ1v) is 7.15. The van der Waals surface area contributed by atoms with Crippen molar-refractivity contribution in [3.63, 3.8) is 0 Å². The molecule has 0 radical (unpaired) electrons. The quantitative estimate of drug-likeness (QED) is 0.921.